The van der Waals surface area contributed by atoms with E-state index in [1.54, 1.807) is 0 Å². The van der Waals surface area contributed by atoms with E-state index < -0.39 is 0 Å². The van der Waals surface area contributed by atoms with Gasteiger partial charge in [0, 0.05) is 19.0 Å². The molecule has 0 aromatic heterocycles. The molecule has 2 rings (SSSR count). The number of halogens is 1. The third kappa shape index (κ3) is 3.46. The van der Waals surface area contributed by atoms with E-state index >= 15 is 0 Å². The van der Waals surface area contributed by atoms with Crippen LogP contribution in [0.1, 0.15) is 36.8 Å². The predicted octanol–water partition coefficient (Wildman–Crippen LogP) is 3.88. The molecule has 94 valence electrons. The average molecular weight is 252 g/mol. The summed E-state index contributed by atoms with van der Waals surface area (Å²) in [4.78, 5) is 0. The van der Waals surface area contributed by atoms with Crippen LogP contribution in [0.5, 0.6) is 0 Å². The van der Waals surface area contributed by atoms with Crippen molar-refractivity contribution < 1.29 is 0 Å². The van der Waals surface area contributed by atoms with Gasteiger partial charge in [0.2, 0.25) is 0 Å². The van der Waals surface area contributed by atoms with Crippen molar-refractivity contribution in [2.24, 2.45) is 5.41 Å². The zero-order chi connectivity index (χ0) is 12.1. The fraction of sp³-hybridized carbons (Fsp3) is 0.600. The summed E-state index contributed by atoms with van der Waals surface area (Å²) in [5.41, 5.74) is 3.05. The molecule has 1 aromatic carbocycles. The molecule has 0 saturated heterocycles. The second-order valence-corrected chi connectivity index (χ2v) is 5.70. The van der Waals surface area contributed by atoms with Gasteiger partial charge in [0.15, 0.2) is 0 Å². The summed E-state index contributed by atoms with van der Waals surface area (Å²) in [7, 11) is 0. The van der Waals surface area contributed by atoms with Gasteiger partial charge < -0.3 is 5.32 Å². The lowest BCUT2D eigenvalue weighted by atomic mass is 9.88. The minimum Gasteiger partial charge on any atom is -0.312 e. The number of rotatable bonds is 5. The first-order chi connectivity index (χ1) is 8.24. The number of benzene rings is 1. The summed E-state index contributed by atoms with van der Waals surface area (Å²) in [6.07, 6.45) is 5.27. The summed E-state index contributed by atoms with van der Waals surface area (Å²) >= 11 is 6.13. The Morgan fingerprint density at radius 3 is 2.41 bits per heavy atom. The third-order valence-electron chi connectivity index (χ3n) is 3.90. The predicted molar refractivity (Wildman–Crippen MR) is 74.5 cm³/mol. The van der Waals surface area contributed by atoms with Gasteiger partial charge >= 0.3 is 0 Å². The van der Waals surface area contributed by atoms with Crippen LogP contribution in [0.15, 0.2) is 24.3 Å². The monoisotopic (exact) mass is 251 g/mol. The molecule has 0 radical (unpaired) electrons. The molecule has 0 amide bonds. The second-order valence-electron chi connectivity index (χ2n) is 5.43. The molecule has 0 aliphatic heterocycles. The number of nitrogens with one attached hydrogen (secondary N) is 1. The number of hydrogen-bond acceptors (Lipinski definition) is 1. The lowest BCUT2D eigenvalue weighted by Gasteiger charge is -2.26. The van der Waals surface area contributed by atoms with Gasteiger partial charge in [-0.2, -0.15) is 0 Å². The van der Waals surface area contributed by atoms with Crippen LogP contribution in [0.4, 0.5) is 0 Å². The standard InChI is InChI=1S/C15H22ClN/c1-13-4-6-14(7-5-13)10-17-12-15(11-16)8-2-3-9-15/h4-7,17H,2-3,8-12H2,1H3. The Kier molecular flexibility index (Phi) is 4.47. The van der Waals surface area contributed by atoms with Crippen molar-refractivity contribution >= 4 is 11.6 Å². The maximum absolute atomic E-state index is 6.13. The van der Waals surface area contributed by atoms with Gasteiger partial charge in [0.25, 0.3) is 0 Å². The quantitative estimate of drug-likeness (QED) is 0.783. The summed E-state index contributed by atoms with van der Waals surface area (Å²) in [6.45, 7) is 4.14. The molecule has 1 fully saturated rings. The zero-order valence-corrected chi connectivity index (χ0v) is 11.4. The van der Waals surface area contributed by atoms with Crippen LogP contribution in [-0.4, -0.2) is 12.4 Å². The summed E-state index contributed by atoms with van der Waals surface area (Å²) in [5, 5.41) is 3.57. The van der Waals surface area contributed by atoms with Crippen LogP contribution in [0, 0.1) is 12.3 Å². The van der Waals surface area contributed by atoms with Crippen molar-refractivity contribution in [2.75, 3.05) is 12.4 Å². The molecule has 0 bridgehead atoms. The molecule has 2 heteroatoms. The van der Waals surface area contributed by atoms with E-state index in [0.717, 1.165) is 19.0 Å². The van der Waals surface area contributed by atoms with Gasteiger partial charge in [-0.05, 0) is 30.7 Å². The van der Waals surface area contributed by atoms with Crippen molar-refractivity contribution in [1.29, 1.82) is 0 Å². The Hall–Kier alpha value is -0.530. The molecule has 1 nitrogen and oxygen atoms in total. The highest BCUT2D eigenvalue weighted by Gasteiger charge is 2.32. The minimum absolute atomic E-state index is 0.367. The summed E-state index contributed by atoms with van der Waals surface area (Å²) < 4.78 is 0. The Balaban J connectivity index is 1.80. The maximum Gasteiger partial charge on any atom is 0.0292 e. The fourth-order valence-electron chi connectivity index (χ4n) is 2.66. The van der Waals surface area contributed by atoms with Crippen LogP contribution in [0.3, 0.4) is 0 Å². The zero-order valence-electron chi connectivity index (χ0n) is 10.6. The van der Waals surface area contributed by atoms with Crippen molar-refractivity contribution in [3.63, 3.8) is 0 Å². The van der Waals surface area contributed by atoms with E-state index in [1.165, 1.54) is 36.8 Å². The van der Waals surface area contributed by atoms with Crippen molar-refractivity contribution in [2.45, 2.75) is 39.2 Å². The van der Waals surface area contributed by atoms with Gasteiger partial charge in [-0.15, -0.1) is 11.6 Å². The molecule has 1 aliphatic carbocycles. The first-order valence-electron chi connectivity index (χ1n) is 6.56. The number of alkyl halides is 1. The van der Waals surface area contributed by atoms with Gasteiger partial charge in [0.1, 0.15) is 0 Å². The number of hydrogen-bond donors (Lipinski definition) is 1. The second kappa shape index (κ2) is 5.88. The molecule has 1 N–H and O–H groups in total. The molecule has 17 heavy (non-hydrogen) atoms. The Morgan fingerprint density at radius 1 is 1.18 bits per heavy atom. The summed E-state index contributed by atoms with van der Waals surface area (Å²) in [5.74, 6) is 0.800. The van der Waals surface area contributed by atoms with E-state index in [-0.39, 0.29) is 0 Å². The van der Waals surface area contributed by atoms with Gasteiger partial charge in [0.05, 0.1) is 0 Å². The van der Waals surface area contributed by atoms with E-state index in [9.17, 15) is 0 Å². The average Bonchev–Trinajstić information content (AvgIpc) is 2.81. The van der Waals surface area contributed by atoms with Crippen molar-refractivity contribution in [1.82, 2.24) is 5.32 Å². The van der Waals surface area contributed by atoms with Crippen LogP contribution >= 0.6 is 11.6 Å². The highest BCUT2D eigenvalue weighted by Crippen LogP contribution is 2.38. The Morgan fingerprint density at radius 2 is 1.82 bits per heavy atom. The molecule has 0 heterocycles. The molecule has 1 saturated carbocycles. The van der Waals surface area contributed by atoms with Gasteiger partial charge in [-0.1, -0.05) is 42.7 Å². The van der Waals surface area contributed by atoms with E-state index in [4.69, 9.17) is 11.6 Å². The lowest BCUT2D eigenvalue weighted by Crippen LogP contribution is -2.33. The van der Waals surface area contributed by atoms with Crippen LogP contribution in [-0.2, 0) is 6.54 Å². The van der Waals surface area contributed by atoms with Crippen LogP contribution in [0.2, 0.25) is 0 Å². The van der Waals surface area contributed by atoms with Crippen LogP contribution < -0.4 is 5.32 Å². The molecular formula is C15H22ClN. The van der Waals surface area contributed by atoms with Crippen molar-refractivity contribution in [3.8, 4) is 0 Å². The molecule has 0 atom stereocenters. The van der Waals surface area contributed by atoms with E-state index in [0.29, 0.717) is 5.41 Å². The van der Waals surface area contributed by atoms with Crippen LogP contribution in [0.25, 0.3) is 0 Å². The molecule has 1 aromatic rings. The largest absolute Gasteiger partial charge is 0.312 e. The first-order valence-corrected chi connectivity index (χ1v) is 7.10. The highest BCUT2D eigenvalue weighted by atomic mass is 35.5. The SMILES string of the molecule is Cc1ccc(CNCC2(CCl)CCCC2)cc1. The Labute approximate surface area is 110 Å². The summed E-state index contributed by atoms with van der Waals surface area (Å²) in [6, 6.07) is 8.74. The maximum atomic E-state index is 6.13. The van der Waals surface area contributed by atoms with Gasteiger partial charge in [-0.25, -0.2) is 0 Å². The number of aryl methyl sites for hydroxylation is 1. The van der Waals surface area contributed by atoms with Crippen molar-refractivity contribution in [3.05, 3.63) is 35.4 Å². The highest BCUT2D eigenvalue weighted by molar-refractivity contribution is 6.18. The Bertz CT molecular complexity index is 338. The lowest BCUT2D eigenvalue weighted by molar-refractivity contribution is 0.320. The third-order valence-corrected chi connectivity index (χ3v) is 4.46. The smallest absolute Gasteiger partial charge is 0.0292 e. The molecular weight excluding hydrogens is 230 g/mol. The minimum atomic E-state index is 0.367. The molecule has 1 aliphatic rings. The molecule has 0 spiro atoms. The fourth-order valence-corrected chi connectivity index (χ4v) is 3.02. The van der Waals surface area contributed by atoms with Gasteiger partial charge in [-0.3, -0.25) is 0 Å². The topological polar surface area (TPSA) is 12.0 Å². The van der Waals surface area contributed by atoms with E-state index in [1.807, 2.05) is 0 Å². The molecule has 0 unspecified atom stereocenters. The van der Waals surface area contributed by atoms with E-state index in [2.05, 4.69) is 36.5 Å². The first kappa shape index (κ1) is 12.9. The normalized spacial score (nSPS) is 18.5.